The summed E-state index contributed by atoms with van der Waals surface area (Å²) in [4.78, 5) is 42.1. The van der Waals surface area contributed by atoms with Crippen LogP contribution in [-0.4, -0.2) is 33.4 Å². The number of benzene rings is 1. The number of amides is 1. The molecule has 0 radical (unpaired) electrons. The van der Waals surface area contributed by atoms with Gasteiger partial charge in [-0.3, -0.25) is 19.0 Å². The van der Waals surface area contributed by atoms with Gasteiger partial charge in [0.25, 0.3) is 5.56 Å². The largest absolute Gasteiger partial charge is 0.434 e. The van der Waals surface area contributed by atoms with Gasteiger partial charge in [0.05, 0.1) is 10.9 Å². The fourth-order valence-electron chi connectivity index (χ4n) is 2.69. The van der Waals surface area contributed by atoms with Crippen molar-refractivity contribution in [2.75, 3.05) is 7.05 Å². The quantitative estimate of drug-likeness (QED) is 0.734. The fraction of sp³-hybridized carbons (Fsp3) is 0.333. The summed E-state index contributed by atoms with van der Waals surface area (Å²) in [5.74, 6) is -0.598. The van der Waals surface area contributed by atoms with Crippen LogP contribution in [0.15, 0.2) is 29.1 Å². The number of aromatic nitrogens is 2. The van der Waals surface area contributed by atoms with Gasteiger partial charge in [0, 0.05) is 14.0 Å². The average molecular weight is 301 g/mol. The van der Waals surface area contributed by atoms with E-state index in [1.54, 1.807) is 31.2 Å². The number of nitrogens with zero attached hydrogens (tertiary/aromatic N) is 3. The van der Waals surface area contributed by atoms with Gasteiger partial charge < -0.3 is 9.64 Å². The van der Waals surface area contributed by atoms with E-state index in [0.717, 1.165) is 0 Å². The van der Waals surface area contributed by atoms with Gasteiger partial charge in [-0.2, -0.15) is 0 Å². The summed E-state index contributed by atoms with van der Waals surface area (Å²) < 4.78 is 6.50. The van der Waals surface area contributed by atoms with Crippen LogP contribution < -0.4 is 5.56 Å². The Balaban J connectivity index is 2.33. The maximum atomic E-state index is 12.7. The Morgan fingerprint density at radius 1 is 1.27 bits per heavy atom. The zero-order valence-electron chi connectivity index (χ0n) is 12.4. The number of ether oxygens (including phenoxy) is 1. The number of carbonyl (C=O) groups is 2. The molecule has 1 aromatic carbocycles. The van der Waals surface area contributed by atoms with Crippen molar-refractivity contribution in [1.29, 1.82) is 0 Å². The van der Waals surface area contributed by atoms with Crippen LogP contribution in [0.3, 0.4) is 0 Å². The molecule has 114 valence electrons. The van der Waals surface area contributed by atoms with Crippen molar-refractivity contribution in [2.45, 2.75) is 26.1 Å². The molecule has 2 atom stereocenters. The van der Waals surface area contributed by atoms with Crippen molar-refractivity contribution in [1.82, 2.24) is 14.5 Å². The standard InChI is InChI=1S/C15H15N3O4/c1-8-13(20)17(3)15(22-9(2)19)12-16-11-7-5-4-6-10(11)14(21)18(8)12/h4-8,15H,1-3H3/t8-,15-/m0/s1. The van der Waals surface area contributed by atoms with Crippen LogP contribution in [0.25, 0.3) is 10.9 Å². The molecule has 0 spiro atoms. The number of fused-ring (bicyclic) bond motifs is 2. The Kier molecular flexibility index (Phi) is 3.20. The van der Waals surface area contributed by atoms with Crippen LogP contribution in [0.2, 0.25) is 0 Å². The second-order valence-corrected chi connectivity index (χ2v) is 5.25. The first-order valence-corrected chi connectivity index (χ1v) is 6.87. The number of likely N-dealkylation sites (N-methyl/N-ethyl adjacent to an activating group) is 1. The highest BCUT2D eigenvalue weighted by atomic mass is 16.6. The minimum Gasteiger partial charge on any atom is -0.434 e. The van der Waals surface area contributed by atoms with Crippen molar-refractivity contribution in [3.63, 3.8) is 0 Å². The molecule has 0 fully saturated rings. The van der Waals surface area contributed by atoms with Crippen molar-refractivity contribution >= 4 is 22.8 Å². The van der Waals surface area contributed by atoms with Crippen LogP contribution in [0.1, 0.15) is 31.9 Å². The molecule has 7 heteroatoms. The molecule has 1 aromatic heterocycles. The minimum absolute atomic E-state index is 0.258. The van der Waals surface area contributed by atoms with Crippen LogP contribution in [0.5, 0.6) is 0 Å². The second-order valence-electron chi connectivity index (χ2n) is 5.25. The third-order valence-electron chi connectivity index (χ3n) is 3.78. The summed E-state index contributed by atoms with van der Waals surface area (Å²) in [6.07, 6.45) is -1.00. The first-order valence-electron chi connectivity index (χ1n) is 6.87. The lowest BCUT2D eigenvalue weighted by atomic mass is 10.1. The molecule has 0 bridgehead atoms. The maximum Gasteiger partial charge on any atom is 0.304 e. The molecule has 1 amide bonds. The topological polar surface area (TPSA) is 81.5 Å². The number of rotatable bonds is 1. The molecule has 7 nitrogen and oxygen atoms in total. The van der Waals surface area contributed by atoms with Gasteiger partial charge in [0.1, 0.15) is 6.04 Å². The van der Waals surface area contributed by atoms with Crippen molar-refractivity contribution in [2.24, 2.45) is 0 Å². The Morgan fingerprint density at radius 3 is 2.64 bits per heavy atom. The summed E-state index contributed by atoms with van der Waals surface area (Å²) in [5, 5.41) is 0.428. The smallest absolute Gasteiger partial charge is 0.304 e. The summed E-state index contributed by atoms with van der Waals surface area (Å²) in [6, 6.07) is 6.19. The van der Waals surface area contributed by atoms with Crippen LogP contribution >= 0.6 is 0 Å². The Bertz CT molecular complexity index is 842. The Labute approximate surface area is 126 Å². The highest BCUT2D eigenvalue weighted by molar-refractivity contribution is 5.83. The van der Waals surface area contributed by atoms with Crippen LogP contribution in [0.4, 0.5) is 0 Å². The molecule has 0 saturated heterocycles. The minimum atomic E-state index is -1.00. The molecule has 1 aliphatic heterocycles. The lowest BCUT2D eigenvalue weighted by Gasteiger charge is -2.36. The molecular formula is C15H15N3O4. The van der Waals surface area contributed by atoms with Gasteiger partial charge in [0.15, 0.2) is 5.82 Å². The van der Waals surface area contributed by atoms with Gasteiger partial charge in [-0.1, -0.05) is 12.1 Å². The van der Waals surface area contributed by atoms with Gasteiger partial charge >= 0.3 is 5.97 Å². The van der Waals surface area contributed by atoms with E-state index in [0.29, 0.717) is 10.9 Å². The summed E-state index contributed by atoms with van der Waals surface area (Å²) in [7, 11) is 1.53. The lowest BCUT2D eigenvalue weighted by Crippen LogP contribution is -2.48. The van der Waals surface area contributed by atoms with Crippen molar-refractivity contribution in [3.8, 4) is 0 Å². The van der Waals surface area contributed by atoms with E-state index in [1.165, 1.54) is 23.4 Å². The van der Waals surface area contributed by atoms with E-state index in [-0.39, 0.29) is 17.3 Å². The number of hydrogen-bond acceptors (Lipinski definition) is 5. The Hall–Kier alpha value is -2.70. The highest BCUT2D eigenvalue weighted by Gasteiger charge is 2.39. The normalized spacial score (nSPS) is 20.9. The third-order valence-corrected chi connectivity index (χ3v) is 3.78. The second kappa shape index (κ2) is 4.94. The van der Waals surface area contributed by atoms with Gasteiger partial charge in [-0.15, -0.1) is 0 Å². The maximum absolute atomic E-state index is 12.7. The van der Waals surface area contributed by atoms with Crippen molar-refractivity contribution in [3.05, 3.63) is 40.4 Å². The SMILES string of the molecule is CC(=O)O[C@H]1c2nc3ccccc3c(=O)n2[C@@H](C)C(=O)N1C. The molecule has 0 unspecified atom stereocenters. The first-order chi connectivity index (χ1) is 10.4. The van der Waals surface area contributed by atoms with E-state index in [2.05, 4.69) is 4.98 Å². The molecule has 3 rings (SSSR count). The molecule has 0 aliphatic carbocycles. The zero-order chi connectivity index (χ0) is 16.0. The monoisotopic (exact) mass is 301 g/mol. The van der Waals surface area contributed by atoms with Gasteiger partial charge in [0.2, 0.25) is 12.1 Å². The third kappa shape index (κ3) is 1.97. The van der Waals surface area contributed by atoms with E-state index in [1.807, 2.05) is 0 Å². The summed E-state index contributed by atoms with van der Waals surface area (Å²) >= 11 is 0. The van der Waals surface area contributed by atoms with Crippen LogP contribution in [-0.2, 0) is 14.3 Å². The molecule has 0 N–H and O–H groups in total. The molecular weight excluding hydrogens is 286 g/mol. The molecule has 0 saturated carbocycles. The fourth-order valence-corrected chi connectivity index (χ4v) is 2.69. The van der Waals surface area contributed by atoms with E-state index < -0.39 is 18.2 Å². The van der Waals surface area contributed by atoms with Gasteiger partial charge in [-0.05, 0) is 19.1 Å². The van der Waals surface area contributed by atoms with E-state index >= 15 is 0 Å². The van der Waals surface area contributed by atoms with Gasteiger partial charge in [-0.25, -0.2) is 4.98 Å². The average Bonchev–Trinajstić information content (AvgIpc) is 2.49. The summed E-state index contributed by atoms with van der Waals surface area (Å²) in [6.45, 7) is 2.88. The molecule has 2 aromatic rings. The Morgan fingerprint density at radius 2 is 1.95 bits per heavy atom. The first kappa shape index (κ1) is 14.2. The molecule has 22 heavy (non-hydrogen) atoms. The zero-order valence-corrected chi connectivity index (χ0v) is 12.4. The summed E-state index contributed by atoms with van der Waals surface area (Å²) in [5.41, 5.74) is 0.192. The molecule has 1 aliphatic rings. The number of para-hydroxylation sites is 1. The number of carbonyl (C=O) groups excluding carboxylic acids is 2. The van der Waals surface area contributed by atoms with E-state index in [9.17, 15) is 14.4 Å². The number of hydrogen-bond donors (Lipinski definition) is 0. The predicted molar refractivity (Wildman–Crippen MR) is 78.0 cm³/mol. The predicted octanol–water partition coefficient (Wildman–Crippen LogP) is 0.991. The lowest BCUT2D eigenvalue weighted by molar-refractivity contribution is -0.168. The van der Waals surface area contributed by atoms with Crippen LogP contribution in [0, 0.1) is 0 Å². The van der Waals surface area contributed by atoms with Crippen molar-refractivity contribution < 1.29 is 14.3 Å². The number of esters is 1. The van der Waals surface area contributed by atoms with E-state index in [4.69, 9.17) is 4.74 Å². The highest BCUT2D eigenvalue weighted by Crippen LogP contribution is 2.29. The molecule has 2 heterocycles.